The number of amides is 2. The van der Waals surface area contributed by atoms with Crippen molar-refractivity contribution in [3.8, 4) is 33.2 Å². The highest BCUT2D eigenvalue weighted by atomic mass is 32.1. The molecule has 2 amide bonds. The molecule has 34 heavy (non-hydrogen) atoms. The quantitative estimate of drug-likeness (QED) is 0.380. The van der Waals surface area contributed by atoms with Gasteiger partial charge >= 0.3 is 6.03 Å². The van der Waals surface area contributed by atoms with E-state index in [1.807, 2.05) is 48.5 Å². The van der Waals surface area contributed by atoms with Crippen LogP contribution >= 0.6 is 11.3 Å². The molecule has 180 valence electrons. The van der Waals surface area contributed by atoms with Gasteiger partial charge in [-0.1, -0.05) is 0 Å². The number of aliphatic hydroxyl groups is 1. The van der Waals surface area contributed by atoms with Crippen LogP contribution in [0, 0.1) is 0 Å². The van der Waals surface area contributed by atoms with Crippen molar-refractivity contribution in [1.29, 1.82) is 0 Å². The van der Waals surface area contributed by atoms with Crippen LogP contribution in [0.3, 0.4) is 0 Å². The van der Waals surface area contributed by atoms with Crippen molar-refractivity contribution in [2.45, 2.75) is 18.8 Å². The number of aliphatic hydroxyl groups excluding tert-OH is 1. The van der Waals surface area contributed by atoms with Gasteiger partial charge in [-0.25, -0.2) is 14.8 Å². The molecule has 1 fully saturated rings. The molecule has 0 saturated carbocycles. The number of thiazole rings is 1. The van der Waals surface area contributed by atoms with Crippen molar-refractivity contribution in [3.63, 3.8) is 0 Å². The molecule has 0 spiro atoms. The standard InChI is InChI=1S/C25H29N3O5S/c1-27(31)25(30)28-13-11-19(12-14-28)24-26-22(17-3-9-21(10-4-17)33-16-15-29)23(34-24)18-5-7-20(32-2)8-6-18/h3-10,19,29,31H,11-16H2,1-2H3. The number of methoxy groups -OCH3 is 1. The number of hydrogen-bond acceptors (Lipinski definition) is 7. The second kappa shape index (κ2) is 10.9. The highest BCUT2D eigenvalue weighted by Gasteiger charge is 2.28. The van der Waals surface area contributed by atoms with Gasteiger partial charge in [-0.15, -0.1) is 11.3 Å². The lowest BCUT2D eigenvalue weighted by Gasteiger charge is -2.32. The van der Waals surface area contributed by atoms with Crippen molar-refractivity contribution in [3.05, 3.63) is 53.5 Å². The number of urea groups is 1. The van der Waals surface area contributed by atoms with Gasteiger partial charge in [0.1, 0.15) is 18.1 Å². The van der Waals surface area contributed by atoms with E-state index < -0.39 is 0 Å². The van der Waals surface area contributed by atoms with Crippen LogP contribution < -0.4 is 9.47 Å². The van der Waals surface area contributed by atoms with Crippen molar-refractivity contribution in [1.82, 2.24) is 14.9 Å². The zero-order valence-corrected chi connectivity index (χ0v) is 20.1. The van der Waals surface area contributed by atoms with E-state index in [-0.39, 0.29) is 25.2 Å². The highest BCUT2D eigenvalue weighted by Crippen LogP contribution is 2.42. The number of nitrogens with zero attached hydrogens (tertiary/aromatic N) is 3. The van der Waals surface area contributed by atoms with Crippen molar-refractivity contribution in [2.75, 3.05) is 40.5 Å². The molecule has 2 heterocycles. The number of piperidine rings is 1. The Hall–Kier alpha value is -3.14. The summed E-state index contributed by atoms with van der Waals surface area (Å²) in [5, 5.41) is 20.1. The maximum Gasteiger partial charge on any atom is 0.343 e. The van der Waals surface area contributed by atoms with Crippen molar-refractivity contribution < 1.29 is 24.6 Å². The van der Waals surface area contributed by atoms with Crippen LogP contribution in [0.1, 0.15) is 23.8 Å². The largest absolute Gasteiger partial charge is 0.497 e. The summed E-state index contributed by atoms with van der Waals surface area (Å²) >= 11 is 1.68. The summed E-state index contributed by atoms with van der Waals surface area (Å²) in [6.07, 6.45) is 1.59. The predicted octanol–water partition coefficient (Wildman–Crippen LogP) is 4.48. The average molecular weight is 484 g/mol. The molecule has 1 aromatic heterocycles. The maximum absolute atomic E-state index is 12.1. The molecule has 1 saturated heterocycles. The van der Waals surface area contributed by atoms with Crippen LogP contribution in [0.25, 0.3) is 21.7 Å². The Bertz CT molecular complexity index is 1090. The number of rotatable bonds is 7. The number of carbonyl (C=O) groups is 1. The molecule has 8 nitrogen and oxygen atoms in total. The van der Waals surface area contributed by atoms with Crippen LogP contribution in [-0.2, 0) is 0 Å². The van der Waals surface area contributed by atoms with E-state index >= 15 is 0 Å². The summed E-state index contributed by atoms with van der Waals surface area (Å²) in [6.45, 7) is 1.39. The number of likely N-dealkylation sites (tertiary alicyclic amines) is 1. The van der Waals surface area contributed by atoms with Crippen LogP contribution in [-0.4, -0.2) is 71.8 Å². The molecule has 9 heteroatoms. The minimum Gasteiger partial charge on any atom is -0.497 e. The van der Waals surface area contributed by atoms with Gasteiger partial charge in [-0.05, 0) is 66.9 Å². The molecule has 0 radical (unpaired) electrons. The van der Waals surface area contributed by atoms with E-state index in [4.69, 9.17) is 19.6 Å². The summed E-state index contributed by atoms with van der Waals surface area (Å²) in [4.78, 5) is 19.9. The van der Waals surface area contributed by atoms with Crippen molar-refractivity contribution in [2.24, 2.45) is 0 Å². The molecule has 3 aromatic rings. The fraction of sp³-hybridized carbons (Fsp3) is 0.360. The van der Waals surface area contributed by atoms with Gasteiger partial charge in [0.2, 0.25) is 0 Å². The maximum atomic E-state index is 12.1. The zero-order valence-electron chi connectivity index (χ0n) is 19.3. The summed E-state index contributed by atoms with van der Waals surface area (Å²) in [5.41, 5.74) is 2.96. The molecular formula is C25H29N3O5S. The van der Waals surface area contributed by atoms with Crippen LogP contribution in [0.2, 0.25) is 0 Å². The SMILES string of the molecule is COc1ccc(-c2sc(C3CCN(C(=O)N(C)O)CC3)nc2-c2ccc(OCCO)cc2)cc1. The van der Waals surface area contributed by atoms with Gasteiger partial charge in [0.15, 0.2) is 0 Å². The average Bonchev–Trinajstić information content (AvgIpc) is 3.33. The number of aromatic nitrogens is 1. The Morgan fingerprint density at radius 1 is 1.09 bits per heavy atom. The highest BCUT2D eigenvalue weighted by molar-refractivity contribution is 7.15. The monoisotopic (exact) mass is 483 g/mol. The predicted molar refractivity (Wildman–Crippen MR) is 131 cm³/mol. The first kappa shape index (κ1) is 24.0. The molecule has 0 unspecified atom stereocenters. The van der Waals surface area contributed by atoms with E-state index in [1.54, 1.807) is 23.3 Å². The zero-order chi connectivity index (χ0) is 24.1. The first-order valence-electron chi connectivity index (χ1n) is 11.2. The fourth-order valence-corrected chi connectivity index (χ4v) is 5.30. The topological polar surface area (TPSA) is 95.4 Å². The van der Waals surface area contributed by atoms with Gasteiger partial charge in [0.05, 0.1) is 29.3 Å². The second-order valence-corrected chi connectivity index (χ2v) is 9.15. The smallest absolute Gasteiger partial charge is 0.343 e. The molecule has 1 aliphatic heterocycles. The Labute approximate surface area is 202 Å². The van der Waals surface area contributed by atoms with Crippen molar-refractivity contribution >= 4 is 17.4 Å². The fourth-order valence-electron chi connectivity index (χ4n) is 4.04. The summed E-state index contributed by atoms with van der Waals surface area (Å²) in [5.74, 6) is 1.74. The van der Waals surface area contributed by atoms with Gasteiger partial charge in [0, 0.05) is 31.6 Å². The molecule has 2 N–H and O–H groups in total. The number of ether oxygens (including phenoxy) is 2. The minimum atomic E-state index is -0.374. The van der Waals surface area contributed by atoms with Crippen LogP contribution in [0.15, 0.2) is 48.5 Å². The lowest BCUT2D eigenvalue weighted by molar-refractivity contribution is -0.0356. The number of carbonyl (C=O) groups excluding carboxylic acids is 1. The molecular weight excluding hydrogens is 454 g/mol. The van der Waals surface area contributed by atoms with E-state index in [9.17, 15) is 10.0 Å². The molecule has 0 aliphatic carbocycles. The molecule has 1 aliphatic rings. The normalized spacial score (nSPS) is 14.2. The van der Waals surface area contributed by atoms with E-state index in [0.717, 1.165) is 45.3 Å². The lowest BCUT2D eigenvalue weighted by Crippen LogP contribution is -2.43. The minimum absolute atomic E-state index is 0.0299. The number of hydroxylamine groups is 2. The molecule has 2 aromatic carbocycles. The Morgan fingerprint density at radius 3 is 2.29 bits per heavy atom. The van der Waals surface area contributed by atoms with E-state index in [0.29, 0.717) is 23.9 Å². The Balaban J connectivity index is 1.63. The van der Waals surface area contributed by atoms with Gasteiger partial charge in [-0.2, -0.15) is 0 Å². The third-order valence-electron chi connectivity index (χ3n) is 5.88. The third-order valence-corrected chi connectivity index (χ3v) is 7.14. The summed E-state index contributed by atoms with van der Waals surface area (Å²) in [6, 6.07) is 15.3. The number of hydrogen-bond donors (Lipinski definition) is 2. The molecule has 0 bridgehead atoms. The van der Waals surface area contributed by atoms with E-state index in [2.05, 4.69) is 0 Å². The second-order valence-electron chi connectivity index (χ2n) is 8.12. The van der Waals surface area contributed by atoms with Gasteiger partial charge in [-0.3, -0.25) is 5.21 Å². The lowest BCUT2D eigenvalue weighted by atomic mass is 9.97. The van der Waals surface area contributed by atoms with Gasteiger partial charge < -0.3 is 19.5 Å². The van der Waals surface area contributed by atoms with E-state index in [1.165, 1.54) is 7.05 Å². The van der Waals surface area contributed by atoms with Crippen LogP contribution in [0.5, 0.6) is 11.5 Å². The first-order valence-corrected chi connectivity index (χ1v) is 12.0. The molecule has 0 atom stereocenters. The first-order chi connectivity index (χ1) is 16.5. The van der Waals surface area contributed by atoms with Crippen LogP contribution in [0.4, 0.5) is 4.79 Å². The number of benzene rings is 2. The Morgan fingerprint density at radius 2 is 1.71 bits per heavy atom. The molecule has 4 rings (SSSR count). The third kappa shape index (κ3) is 5.32. The summed E-state index contributed by atoms with van der Waals surface area (Å²) < 4.78 is 10.8. The van der Waals surface area contributed by atoms with Gasteiger partial charge in [0.25, 0.3) is 0 Å². The summed E-state index contributed by atoms with van der Waals surface area (Å²) in [7, 11) is 3.00. The Kier molecular flexibility index (Phi) is 7.66.